The van der Waals surface area contributed by atoms with Gasteiger partial charge in [0, 0.05) is 21.7 Å². The Kier molecular flexibility index (Phi) is 5.86. The van der Waals surface area contributed by atoms with Crippen molar-refractivity contribution in [3.8, 4) is 27.4 Å². The molecule has 11 aromatic rings. The van der Waals surface area contributed by atoms with E-state index in [0.29, 0.717) is 0 Å². The van der Waals surface area contributed by atoms with Crippen molar-refractivity contribution in [1.29, 1.82) is 0 Å². The third-order valence-electron chi connectivity index (χ3n) is 10.4. The van der Waals surface area contributed by atoms with Crippen LogP contribution in [0.25, 0.3) is 102 Å². The predicted molar refractivity (Wildman–Crippen MR) is 215 cm³/mol. The van der Waals surface area contributed by atoms with Gasteiger partial charge in [0.1, 0.15) is 5.01 Å². The third kappa shape index (κ3) is 3.98. The van der Waals surface area contributed by atoms with E-state index in [0.717, 1.165) is 10.5 Å². The van der Waals surface area contributed by atoms with Crippen LogP contribution in [0.2, 0.25) is 0 Å². The molecule has 232 valence electrons. The van der Waals surface area contributed by atoms with Gasteiger partial charge in [0.05, 0.1) is 26.9 Å². The minimum atomic E-state index is 1.05. The lowest BCUT2D eigenvalue weighted by atomic mass is 9.92. The number of rotatable bonds is 3. The van der Waals surface area contributed by atoms with Crippen LogP contribution < -0.4 is 0 Å². The van der Waals surface area contributed by atoms with Gasteiger partial charge in [-0.15, -0.1) is 11.3 Å². The molecule has 0 saturated heterocycles. The van der Waals surface area contributed by atoms with Crippen LogP contribution in [0.4, 0.5) is 0 Å². The van der Waals surface area contributed by atoms with Crippen LogP contribution in [0.15, 0.2) is 170 Å². The summed E-state index contributed by atoms with van der Waals surface area (Å²) in [4.78, 5) is 5.03. The molecule has 0 amide bonds. The van der Waals surface area contributed by atoms with Crippen molar-refractivity contribution in [2.75, 3.05) is 0 Å². The summed E-state index contributed by atoms with van der Waals surface area (Å²) >= 11 is 1.76. The fraction of sp³-hybridized carbons (Fsp3) is 0. The highest BCUT2D eigenvalue weighted by Crippen LogP contribution is 2.42. The molecule has 0 N–H and O–H groups in total. The molecule has 0 bridgehead atoms. The number of thiazole rings is 1. The molecule has 0 atom stereocenters. The van der Waals surface area contributed by atoms with E-state index < -0.39 is 0 Å². The first kappa shape index (κ1) is 27.6. The number of aromatic nitrogens is 2. The minimum absolute atomic E-state index is 1.05. The number of hydrogen-bond donors (Lipinski definition) is 0. The Hall–Kier alpha value is -6.29. The van der Waals surface area contributed by atoms with Gasteiger partial charge in [0.2, 0.25) is 0 Å². The molecule has 50 heavy (non-hydrogen) atoms. The van der Waals surface area contributed by atoms with Crippen molar-refractivity contribution >= 4 is 86.4 Å². The Balaban J connectivity index is 1.12. The van der Waals surface area contributed by atoms with Crippen molar-refractivity contribution in [2.24, 2.45) is 0 Å². The Morgan fingerprint density at radius 1 is 0.380 bits per heavy atom. The number of nitrogens with zero attached hydrogens (tertiary/aromatic N) is 2. The SMILES string of the molecule is c1ccc2sc(-c3ccc(-n4c5ccccc5c5cc(-c6ccc7c8ccccc8c8ccccc8c7c6)ccc54)c4ccccc34)nc2c1. The van der Waals surface area contributed by atoms with Crippen LogP contribution in [0, 0.1) is 0 Å². The second-order valence-corrected chi connectivity index (χ2v) is 14.1. The monoisotopic (exact) mass is 652 g/mol. The number of benzene rings is 9. The Morgan fingerprint density at radius 2 is 0.920 bits per heavy atom. The van der Waals surface area contributed by atoms with Gasteiger partial charge < -0.3 is 4.57 Å². The Labute approximate surface area is 292 Å². The molecule has 0 saturated carbocycles. The quantitative estimate of drug-likeness (QED) is 0.174. The Bertz CT molecular complexity index is 3090. The van der Waals surface area contributed by atoms with Gasteiger partial charge in [0.25, 0.3) is 0 Å². The molecule has 0 fully saturated rings. The number of fused-ring (bicyclic) bond motifs is 11. The lowest BCUT2D eigenvalue weighted by Gasteiger charge is -2.14. The second-order valence-electron chi connectivity index (χ2n) is 13.1. The van der Waals surface area contributed by atoms with E-state index in [2.05, 4.69) is 174 Å². The fourth-order valence-corrected chi connectivity index (χ4v) is 9.16. The predicted octanol–water partition coefficient (Wildman–Crippen LogP) is 13.3. The first-order chi connectivity index (χ1) is 24.8. The van der Waals surface area contributed by atoms with Crippen LogP contribution in [0.5, 0.6) is 0 Å². The summed E-state index contributed by atoms with van der Waals surface area (Å²) in [7, 11) is 0. The normalized spacial score (nSPS) is 12.0. The van der Waals surface area contributed by atoms with E-state index in [1.54, 1.807) is 11.3 Å². The van der Waals surface area contributed by atoms with Gasteiger partial charge in [-0.25, -0.2) is 4.98 Å². The molecule has 0 radical (unpaired) electrons. The molecule has 0 spiro atoms. The molecule has 11 rings (SSSR count). The number of hydrogen-bond acceptors (Lipinski definition) is 2. The zero-order valence-corrected chi connectivity index (χ0v) is 27.8. The number of para-hydroxylation sites is 2. The van der Waals surface area contributed by atoms with Crippen molar-refractivity contribution in [1.82, 2.24) is 9.55 Å². The van der Waals surface area contributed by atoms with E-state index in [4.69, 9.17) is 4.98 Å². The lowest BCUT2D eigenvalue weighted by Crippen LogP contribution is -1.96. The second kappa shape index (κ2) is 10.6. The van der Waals surface area contributed by atoms with E-state index >= 15 is 0 Å². The molecule has 9 aromatic carbocycles. The molecular weight excluding hydrogens is 625 g/mol. The highest BCUT2D eigenvalue weighted by atomic mass is 32.1. The van der Waals surface area contributed by atoms with Crippen LogP contribution in [-0.4, -0.2) is 9.55 Å². The van der Waals surface area contributed by atoms with E-state index in [-0.39, 0.29) is 0 Å². The average molecular weight is 653 g/mol. The summed E-state index contributed by atoms with van der Waals surface area (Å²) in [5.74, 6) is 0. The van der Waals surface area contributed by atoms with Crippen LogP contribution in [-0.2, 0) is 0 Å². The van der Waals surface area contributed by atoms with Crippen molar-refractivity contribution in [2.45, 2.75) is 0 Å². The molecule has 0 unspecified atom stereocenters. The van der Waals surface area contributed by atoms with E-state index in [1.807, 2.05) is 0 Å². The maximum atomic E-state index is 5.03. The van der Waals surface area contributed by atoms with Crippen molar-refractivity contribution in [3.63, 3.8) is 0 Å². The molecule has 0 aliphatic carbocycles. The largest absolute Gasteiger partial charge is 0.309 e. The lowest BCUT2D eigenvalue weighted by molar-refractivity contribution is 1.20. The topological polar surface area (TPSA) is 17.8 Å². The molecule has 2 aromatic heterocycles. The summed E-state index contributed by atoms with van der Waals surface area (Å²) in [6.07, 6.45) is 0. The van der Waals surface area contributed by atoms with E-state index in [1.165, 1.54) is 92.0 Å². The maximum Gasteiger partial charge on any atom is 0.125 e. The van der Waals surface area contributed by atoms with Gasteiger partial charge in [0.15, 0.2) is 0 Å². The summed E-state index contributed by atoms with van der Waals surface area (Å²) in [5.41, 5.74) is 8.24. The van der Waals surface area contributed by atoms with Crippen LogP contribution in [0.3, 0.4) is 0 Å². The highest BCUT2D eigenvalue weighted by molar-refractivity contribution is 7.21. The fourth-order valence-electron chi connectivity index (χ4n) is 8.15. The molecule has 2 heterocycles. The van der Waals surface area contributed by atoms with Crippen LogP contribution >= 0.6 is 11.3 Å². The summed E-state index contributed by atoms with van der Waals surface area (Å²) in [6, 6.07) is 62.1. The van der Waals surface area contributed by atoms with Gasteiger partial charge in [-0.2, -0.15) is 0 Å². The minimum Gasteiger partial charge on any atom is -0.309 e. The van der Waals surface area contributed by atoms with Crippen molar-refractivity contribution < 1.29 is 0 Å². The zero-order valence-electron chi connectivity index (χ0n) is 27.0. The molecule has 2 nitrogen and oxygen atoms in total. The summed E-state index contributed by atoms with van der Waals surface area (Å²) in [6.45, 7) is 0. The molecular formula is C47H28N2S. The molecule has 0 aliphatic rings. The van der Waals surface area contributed by atoms with Crippen LogP contribution in [0.1, 0.15) is 0 Å². The summed E-state index contributed by atoms with van der Waals surface area (Å²) < 4.78 is 3.65. The highest BCUT2D eigenvalue weighted by Gasteiger charge is 2.18. The third-order valence-corrected chi connectivity index (χ3v) is 11.5. The van der Waals surface area contributed by atoms with Gasteiger partial charge in [-0.1, -0.05) is 121 Å². The van der Waals surface area contributed by atoms with Gasteiger partial charge in [-0.3, -0.25) is 0 Å². The van der Waals surface area contributed by atoms with Gasteiger partial charge >= 0.3 is 0 Å². The maximum absolute atomic E-state index is 5.03. The first-order valence-electron chi connectivity index (χ1n) is 17.0. The standard InChI is InChI=1S/C47H28N2S/c1-2-13-33-31(11-1)32-12-3-4-14-34(32)40-27-29(21-23-36(33)40)30-22-25-45-41(28-30)38-17-7-9-19-43(38)49(45)44-26-24-39(35-15-5-6-16-37(35)44)47-48-42-18-8-10-20-46(42)50-47/h1-28H. The Morgan fingerprint density at radius 3 is 1.66 bits per heavy atom. The van der Waals surface area contributed by atoms with E-state index in [9.17, 15) is 0 Å². The zero-order chi connectivity index (χ0) is 32.8. The average Bonchev–Trinajstić information content (AvgIpc) is 3.76. The molecule has 0 aliphatic heterocycles. The molecule has 3 heteroatoms. The summed E-state index contributed by atoms with van der Waals surface area (Å²) in [5, 5.41) is 13.8. The smallest absolute Gasteiger partial charge is 0.125 e. The van der Waals surface area contributed by atoms with Crippen molar-refractivity contribution in [3.05, 3.63) is 170 Å². The first-order valence-corrected chi connectivity index (χ1v) is 17.9. The van der Waals surface area contributed by atoms with Gasteiger partial charge in [-0.05, 0) is 97.4 Å².